The summed E-state index contributed by atoms with van der Waals surface area (Å²) in [4.78, 5) is 39.9. The van der Waals surface area contributed by atoms with Crippen molar-refractivity contribution < 1.29 is 42.6 Å². The molecule has 0 bridgehead atoms. The molecule has 3 atom stereocenters. The summed E-state index contributed by atoms with van der Waals surface area (Å²) in [5.41, 5.74) is 5.88. The molecule has 0 radical (unpaired) electrons. The van der Waals surface area contributed by atoms with Gasteiger partial charge in [-0.25, -0.2) is 23.9 Å². The molecule has 4 rings (SSSR count). The number of halogens is 2. The molecule has 11 heteroatoms. The van der Waals surface area contributed by atoms with Gasteiger partial charge in [-0.2, -0.15) is 0 Å². The summed E-state index contributed by atoms with van der Waals surface area (Å²) in [5.74, 6) is -9.42. The Morgan fingerprint density at radius 1 is 1.06 bits per heavy atom. The van der Waals surface area contributed by atoms with Gasteiger partial charge in [-0.05, 0) is 22.3 Å². The Bertz CT molecular complexity index is 1080. The van der Waals surface area contributed by atoms with E-state index in [4.69, 9.17) is 9.84 Å². The molecule has 1 fully saturated rings. The van der Waals surface area contributed by atoms with Crippen LogP contribution in [-0.4, -0.2) is 62.0 Å². The van der Waals surface area contributed by atoms with Gasteiger partial charge in [0.05, 0.1) is 12.5 Å². The van der Waals surface area contributed by atoms with Crippen LogP contribution in [-0.2, 0) is 23.9 Å². The second-order valence-corrected chi connectivity index (χ2v) is 8.33. The van der Waals surface area contributed by atoms with E-state index in [1.165, 1.54) is 7.11 Å². The average Bonchev–Trinajstić information content (AvgIpc) is 3.24. The highest BCUT2D eigenvalue weighted by atomic mass is 19.3. The number of amides is 2. The highest BCUT2D eigenvalue weighted by molar-refractivity contribution is 5.83. The van der Waals surface area contributed by atoms with Crippen LogP contribution in [0.3, 0.4) is 0 Å². The van der Waals surface area contributed by atoms with Crippen molar-refractivity contribution in [3.05, 3.63) is 59.7 Å². The number of alkyl halides is 2. The molecule has 186 valence electrons. The van der Waals surface area contributed by atoms with Gasteiger partial charge in [0.1, 0.15) is 12.5 Å². The zero-order valence-electron chi connectivity index (χ0n) is 18.7. The minimum absolute atomic E-state index is 0.0226. The number of carbonyl (C=O) groups excluding carboxylic acids is 2. The van der Waals surface area contributed by atoms with E-state index in [9.17, 15) is 23.2 Å². The molecule has 0 heterocycles. The van der Waals surface area contributed by atoms with Crippen LogP contribution < -0.4 is 10.8 Å². The summed E-state index contributed by atoms with van der Waals surface area (Å²) in [5, 5.41) is 11.2. The van der Waals surface area contributed by atoms with E-state index in [-0.39, 0.29) is 19.1 Å². The van der Waals surface area contributed by atoms with Crippen molar-refractivity contribution in [2.24, 2.45) is 11.8 Å². The molecule has 0 aliphatic heterocycles. The van der Waals surface area contributed by atoms with Crippen molar-refractivity contribution in [1.29, 1.82) is 0 Å². The number of aliphatic carboxylic acids is 1. The standard InChI is InChI=1S/C24H24F2N2O7/c1-33-12-19(22(30)31)35-28-21(29)20-18(24(20,25)26)10-27-23(32)34-11-17-15-8-4-2-6-13(15)14-7-3-5-9-16(14)17/h2-9,17-20H,10-12H2,1H3,(H,27,32)(H,28,29)(H,30,31). The normalized spacial score (nSPS) is 20.3. The zero-order valence-corrected chi connectivity index (χ0v) is 18.7. The van der Waals surface area contributed by atoms with Gasteiger partial charge in [0.15, 0.2) is 0 Å². The maximum absolute atomic E-state index is 14.1. The van der Waals surface area contributed by atoms with Crippen LogP contribution in [0.2, 0.25) is 0 Å². The molecule has 2 aliphatic carbocycles. The van der Waals surface area contributed by atoms with Crippen molar-refractivity contribution in [3.8, 4) is 11.1 Å². The number of benzene rings is 2. The lowest BCUT2D eigenvalue weighted by molar-refractivity contribution is -0.165. The zero-order chi connectivity index (χ0) is 25.2. The van der Waals surface area contributed by atoms with Crippen LogP contribution in [0.5, 0.6) is 0 Å². The van der Waals surface area contributed by atoms with Crippen LogP contribution in [0.15, 0.2) is 48.5 Å². The summed E-state index contributed by atoms with van der Waals surface area (Å²) < 4.78 is 38.2. The fourth-order valence-electron chi connectivity index (χ4n) is 4.34. The van der Waals surface area contributed by atoms with E-state index >= 15 is 0 Å². The molecule has 2 aromatic rings. The lowest BCUT2D eigenvalue weighted by atomic mass is 9.98. The number of methoxy groups -OCH3 is 1. The van der Waals surface area contributed by atoms with Gasteiger partial charge in [0, 0.05) is 19.6 Å². The Labute approximate surface area is 199 Å². The number of carboxylic acids is 1. The van der Waals surface area contributed by atoms with Crippen molar-refractivity contribution in [2.45, 2.75) is 17.9 Å². The van der Waals surface area contributed by atoms with Crippen LogP contribution in [0.4, 0.5) is 13.6 Å². The quantitative estimate of drug-likeness (QED) is 0.438. The number of carbonyl (C=O) groups is 3. The summed E-state index contributed by atoms with van der Waals surface area (Å²) in [6.45, 7) is -0.861. The number of hydrogen-bond acceptors (Lipinski definition) is 6. The molecule has 35 heavy (non-hydrogen) atoms. The molecule has 3 unspecified atom stereocenters. The Balaban J connectivity index is 1.28. The van der Waals surface area contributed by atoms with Gasteiger partial charge in [-0.15, -0.1) is 0 Å². The van der Waals surface area contributed by atoms with Crippen molar-refractivity contribution in [2.75, 3.05) is 26.9 Å². The summed E-state index contributed by atoms with van der Waals surface area (Å²) in [7, 11) is 1.22. The van der Waals surface area contributed by atoms with Crippen molar-refractivity contribution in [3.63, 3.8) is 0 Å². The molecule has 2 amide bonds. The first-order chi connectivity index (χ1) is 16.8. The van der Waals surface area contributed by atoms with E-state index in [1.54, 1.807) is 5.48 Å². The Morgan fingerprint density at radius 2 is 1.66 bits per heavy atom. The van der Waals surface area contributed by atoms with Gasteiger partial charge in [0.25, 0.3) is 11.8 Å². The number of hydroxylamine groups is 1. The number of ether oxygens (including phenoxy) is 2. The molecule has 1 saturated carbocycles. The van der Waals surface area contributed by atoms with Gasteiger partial charge >= 0.3 is 12.1 Å². The van der Waals surface area contributed by atoms with E-state index in [2.05, 4.69) is 14.9 Å². The largest absolute Gasteiger partial charge is 0.479 e. The van der Waals surface area contributed by atoms with E-state index in [1.807, 2.05) is 48.5 Å². The number of hydrogen-bond donors (Lipinski definition) is 3. The fourth-order valence-corrected chi connectivity index (χ4v) is 4.34. The SMILES string of the molecule is COCC(ONC(=O)C1C(CNC(=O)OCC2c3ccccc3-c3ccccc32)C1(F)F)C(=O)O. The first-order valence-corrected chi connectivity index (χ1v) is 10.9. The predicted octanol–water partition coefficient (Wildman–Crippen LogP) is 2.55. The summed E-state index contributed by atoms with van der Waals surface area (Å²) in [6, 6.07) is 15.6. The van der Waals surface area contributed by atoms with Crippen LogP contribution in [0, 0.1) is 11.8 Å². The number of alkyl carbamates (subject to hydrolysis) is 1. The summed E-state index contributed by atoms with van der Waals surface area (Å²) >= 11 is 0. The topological polar surface area (TPSA) is 123 Å². The van der Waals surface area contributed by atoms with Gasteiger partial charge in [-0.3, -0.25) is 9.63 Å². The van der Waals surface area contributed by atoms with Crippen LogP contribution in [0.25, 0.3) is 11.1 Å². The molecule has 0 aromatic heterocycles. The third-order valence-electron chi connectivity index (χ3n) is 6.19. The van der Waals surface area contributed by atoms with E-state index in [0.717, 1.165) is 22.3 Å². The Kier molecular flexibility index (Phi) is 6.99. The highest BCUT2D eigenvalue weighted by Gasteiger charge is 2.71. The Hall–Kier alpha value is -3.57. The lowest BCUT2D eigenvalue weighted by Gasteiger charge is -2.14. The molecule has 3 N–H and O–H groups in total. The molecule has 0 saturated heterocycles. The van der Waals surface area contributed by atoms with E-state index < -0.39 is 48.4 Å². The smallest absolute Gasteiger partial charge is 0.407 e. The molecule has 9 nitrogen and oxygen atoms in total. The van der Waals surface area contributed by atoms with Gasteiger partial charge in [-0.1, -0.05) is 48.5 Å². The van der Waals surface area contributed by atoms with Crippen LogP contribution in [0.1, 0.15) is 17.0 Å². The number of nitrogens with one attached hydrogen (secondary N) is 2. The van der Waals surface area contributed by atoms with Gasteiger partial charge < -0.3 is 19.9 Å². The minimum Gasteiger partial charge on any atom is -0.479 e. The first-order valence-electron chi connectivity index (χ1n) is 10.9. The lowest BCUT2D eigenvalue weighted by Crippen LogP contribution is -2.38. The number of fused-ring (bicyclic) bond motifs is 3. The molecular formula is C24H24F2N2O7. The highest BCUT2D eigenvalue weighted by Crippen LogP contribution is 2.55. The second kappa shape index (κ2) is 9.96. The van der Waals surface area contributed by atoms with Crippen molar-refractivity contribution in [1.82, 2.24) is 10.8 Å². The number of rotatable bonds is 10. The fraction of sp³-hybridized carbons (Fsp3) is 0.375. The maximum atomic E-state index is 14.1. The summed E-state index contributed by atoms with van der Waals surface area (Å²) in [6.07, 6.45) is -2.43. The molecule has 0 spiro atoms. The molecular weight excluding hydrogens is 466 g/mol. The maximum Gasteiger partial charge on any atom is 0.407 e. The third kappa shape index (κ3) is 4.96. The van der Waals surface area contributed by atoms with Crippen molar-refractivity contribution >= 4 is 18.0 Å². The third-order valence-corrected chi connectivity index (χ3v) is 6.19. The van der Waals surface area contributed by atoms with E-state index in [0.29, 0.717) is 0 Å². The monoisotopic (exact) mass is 490 g/mol. The van der Waals surface area contributed by atoms with Crippen LogP contribution >= 0.6 is 0 Å². The first kappa shape index (κ1) is 24.6. The average molecular weight is 490 g/mol. The minimum atomic E-state index is -3.38. The predicted molar refractivity (Wildman–Crippen MR) is 118 cm³/mol. The van der Waals surface area contributed by atoms with Gasteiger partial charge in [0.2, 0.25) is 6.10 Å². The molecule has 2 aliphatic rings. The Morgan fingerprint density at radius 3 is 2.23 bits per heavy atom. The second-order valence-electron chi connectivity index (χ2n) is 8.33. The number of carboxylic acid groups (broad SMARTS) is 1. The molecule has 2 aromatic carbocycles.